The van der Waals surface area contributed by atoms with Gasteiger partial charge in [-0.1, -0.05) is 12.1 Å². The standard InChI is InChI=1S/C13H13N3O2/c17-12(10-16-7-2-1-5-13(16)18)15-9-11-4-3-6-14-8-11/h1-8H,9-10H2,(H,15,17). The molecule has 0 bridgehead atoms. The third-order valence-electron chi connectivity index (χ3n) is 2.43. The van der Waals surface area contributed by atoms with Gasteiger partial charge in [-0.25, -0.2) is 0 Å². The van der Waals surface area contributed by atoms with Crippen LogP contribution in [0.25, 0.3) is 0 Å². The van der Waals surface area contributed by atoms with Crippen molar-refractivity contribution in [2.24, 2.45) is 0 Å². The lowest BCUT2D eigenvalue weighted by atomic mass is 10.3. The van der Waals surface area contributed by atoms with Gasteiger partial charge in [-0.2, -0.15) is 0 Å². The van der Waals surface area contributed by atoms with E-state index in [-0.39, 0.29) is 18.0 Å². The molecule has 1 amide bonds. The molecular formula is C13H13N3O2. The van der Waals surface area contributed by atoms with E-state index in [1.807, 2.05) is 12.1 Å². The van der Waals surface area contributed by atoms with Crippen LogP contribution in [0, 0.1) is 0 Å². The third-order valence-corrected chi connectivity index (χ3v) is 2.43. The maximum Gasteiger partial charge on any atom is 0.250 e. The molecule has 18 heavy (non-hydrogen) atoms. The van der Waals surface area contributed by atoms with Crippen molar-refractivity contribution in [1.29, 1.82) is 0 Å². The summed E-state index contributed by atoms with van der Waals surface area (Å²) in [5, 5.41) is 2.74. The third kappa shape index (κ3) is 3.28. The van der Waals surface area contributed by atoms with E-state index >= 15 is 0 Å². The maximum absolute atomic E-state index is 11.6. The quantitative estimate of drug-likeness (QED) is 0.853. The lowest BCUT2D eigenvalue weighted by molar-refractivity contribution is -0.121. The molecule has 0 fully saturated rings. The molecule has 5 heteroatoms. The summed E-state index contributed by atoms with van der Waals surface area (Å²) in [6.45, 7) is 0.439. The molecule has 5 nitrogen and oxygen atoms in total. The number of carbonyl (C=O) groups is 1. The van der Waals surface area contributed by atoms with Crippen LogP contribution in [0.4, 0.5) is 0 Å². The minimum atomic E-state index is -0.202. The largest absolute Gasteiger partial charge is 0.350 e. The van der Waals surface area contributed by atoms with Crippen LogP contribution in [0.3, 0.4) is 0 Å². The molecule has 0 saturated heterocycles. The second-order valence-corrected chi connectivity index (χ2v) is 3.80. The van der Waals surface area contributed by atoms with E-state index < -0.39 is 0 Å². The molecule has 2 rings (SSSR count). The number of carbonyl (C=O) groups excluding carboxylic acids is 1. The second kappa shape index (κ2) is 5.77. The molecule has 2 aromatic heterocycles. The normalized spacial score (nSPS) is 10.0. The fraction of sp³-hybridized carbons (Fsp3) is 0.154. The first kappa shape index (κ1) is 12.0. The predicted octanol–water partition coefficient (Wildman–Crippen LogP) is 0.560. The number of rotatable bonds is 4. The molecule has 0 atom stereocenters. The molecular weight excluding hydrogens is 230 g/mol. The average Bonchev–Trinajstić information content (AvgIpc) is 2.40. The van der Waals surface area contributed by atoms with Crippen molar-refractivity contribution < 1.29 is 4.79 Å². The number of nitrogens with zero attached hydrogens (tertiary/aromatic N) is 2. The van der Waals surface area contributed by atoms with Gasteiger partial charge < -0.3 is 9.88 Å². The smallest absolute Gasteiger partial charge is 0.250 e. The zero-order valence-corrected chi connectivity index (χ0v) is 9.74. The molecule has 0 aliphatic rings. The SMILES string of the molecule is O=C(Cn1ccccc1=O)NCc1cccnc1. The number of aromatic nitrogens is 2. The molecule has 1 N–H and O–H groups in total. The molecule has 0 radical (unpaired) electrons. The van der Waals surface area contributed by atoms with Crippen molar-refractivity contribution in [3.8, 4) is 0 Å². The lowest BCUT2D eigenvalue weighted by Crippen LogP contribution is -2.31. The second-order valence-electron chi connectivity index (χ2n) is 3.80. The van der Waals surface area contributed by atoms with Crippen LogP contribution in [0.15, 0.2) is 53.7 Å². The highest BCUT2D eigenvalue weighted by Gasteiger charge is 2.03. The maximum atomic E-state index is 11.6. The Labute approximate surface area is 104 Å². The van der Waals surface area contributed by atoms with Crippen LogP contribution in [0.2, 0.25) is 0 Å². The summed E-state index contributed by atoms with van der Waals surface area (Å²) in [6, 6.07) is 8.47. The van der Waals surface area contributed by atoms with Crippen molar-refractivity contribution >= 4 is 5.91 Å². The Morgan fingerprint density at radius 2 is 2.17 bits per heavy atom. The minimum absolute atomic E-state index is 0.0277. The van der Waals surface area contributed by atoms with E-state index in [0.717, 1.165) is 5.56 Å². The predicted molar refractivity (Wildman–Crippen MR) is 66.8 cm³/mol. The van der Waals surface area contributed by atoms with E-state index in [2.05, 4.69) is 10.3 Å². The van der Waals surface area contributed by atoms with E-state index in [9.17, 15) is 9.59 Å². The van der Waals surface area contributed by atoms with Gasteiger partial charge in [0, 0.05) is 31.2 Å². The van der Waals surface area contributed by atoms with Crippen molar-refractivity contribution in [2.75, 3.05) is 0 Å². The summed E-state index contributed by atoms with van der Waals surface area (Å²) >= 11 is 0. The highest BCUT2D eigenvalue weighted by molar-refractivity contribution is 5.75. The van der Waals surface area contributed by atoms with Gasteiger partial charge in [-0.3, -0.25) is 14.6 Å². The van der Waals surface area contributed by atoms with Crippen molar-refractivity contribution in [1.82, 2.24) is 14.9 Å². The fourth-order valence-corrected chi connectivity index (χ4v) is 1.51. The van der Waals surface area contributed by atoms with Crippen LogP contribution in [-0.4, -0.2) is 15.5 Å². The monoisotopic (exact) mass is 243 g/mol. The van der Waals surface area contributed by atoms with Crippen molar-refractivity contribution in [3.63, 3.8) is 0 Å². The Morgan fingerprint density at radius 3 is 2.89 bits per heavy atom. The first-order valence-corrected chi connectivity index (χ1v) is 5.57. The van der Waals surface area contributed by atoms with E-state index in [1.54, 1.807) is 30.7 Å². The number of pyridine rings is 2. The van der Waals surface area contributed by atoms with Crippen LogP contribution < -0.4 is 10.9 Å². The van der Waals surface area contributed by atoms with Gasteiger partial charge in [0.15, 0.2) is 0 Å². The van der Waals surface area contributed by atoms with Crippen molar-refractivity contribution in [3.05, 3.63) is 64.8 Å². The number of hydrogen-bond acceptors (Lipinski definition) is 3. The summed E-state index contributed by atoms with van der Waals surface area (Å²) in [5.41, 5.74) is 0.736. The first-order valence-electron chi connectivity index (χ1n) is 5.57. The van der Waals surface area contributed by atoms with E-state index in [0.29, 0.717) is 6.54 Å². The molecule has 0 aliphatic heterocycles. The minimum Gasteiger partial charge on any atom is -0.350 e. The highest BCUT2D eigenvalue weighted by atomic mass is 16.2. The van der Waals surface area contributed by atoms with Gasteiger partial charge in [0.2, 0.25) is 5.91 Å². The zero-order valence-electron chi connectivity index (χ0n) is 9.74. The molecule has 0 aromatic carbocycles. The summed E-state index contributed by atoms with van der Waals surface area (Å²) in [4.78, 5) is 27.0. The Bertz CT molecular complexity index is 578. The Hall–Kier alpha value is -2.43. The molecule has 2 heterocycles. The average molecular weight is 243 g/mol. The highest BCUT2D eigenvalue weighted by Crippen LogP contribution is 1.94. The van der Waals surface area contributed by atoms with Gasteiger partial charge in [0.05, 0.1) is 0 Å². The Morgan fingerprint density at radius 1 is 1.28 bits per heavy atom. The molecule has 2 aromatic rings. The van der Waals surface area contributed by atoms with Gasteiger partial charge in [-0.05, 0) is 17.7 Å². The van der Waals surface area contributed by atoms with Crippen LogP contribution in [0.5, 0.6) is 0 Å². The van der Waals surface area contributed by atoms with Gasteiger partial charge in [0.25, 0.3) is 5.56 Å². The van der Waals surface area contributed by atoms with Gasteiger partial charge >= 0.3 is 0 Å². The van der Waals surface area contributed by atoms with E-state index in [1.165, 1.54) is 10.6 Å². The molecule has 0 unspecified atom stereocenters. The lowest BCUT2D eigenvalue weighted by Gasteiger charge is -2.06. The summed E-state index contributed by atoms with van der Waals surface area (Å²) in [6.07, 6.45) is 4.95. The van der Waals surface area contributed by atoms with Crippen LogP contribution in [0.1, 0.15) is 5.56 Å². The van der Waals surface area contributed by atoms with Gasteiger partial charge in [-0.15, -0.1) is 0 Å². The van der Waals surface area contributed by atoms with E-state index in [4.69, 9.17) is 0 Å². The topological polar surface area (TPSA) is 64.0 Å². The summed E-state index contributed by atoms with van der Waals surface area (Å²) in [5.74, 6) is -0.202. The number of amides is 1. The summed E-state index contributed by atoms with van der Waals surface area (Å²) in [7, 11) is 0. The Kier molecular flexibility index (Phi) is 3.86. The zero-order chi connectivity index (χ0) is 12.8. The summed E-state index contributed by atoms with van der Waals surface area (Å²) < 4.78 is 1.36. The fourth-order valence-electron chi connectivity index (χ4n) is 1.51. The number of hydrogen-bond donors (Lipinski definition) is 1. The molecule has 0 aliphatic carbocycles. The molecule has 92 valence electrons. The first-order chi connectivity index (χ1) is 8.75. The van der Waals surface area contributed by atoms with Crippen molar-refractivity contribution in [2.45, 2.75) is 13.1 Å². The Balaban J connectivity index is 1.90. The molecule has 0 spiro atoms. The number of nitrogens with one attached hydrogen (secondary N) is 1. The molecule has 0 saturated carbocycles. The van der Waals surface area contributed by atoms with Crippen LogP contribution in [-0.2, 0) is 17.9 Å². The van der Waals surface area contributed by atoms with Gasteiger partial charge in [0.1, 0.15) is 6.54 Å². The van der Waals surface area contributed by atoms with Crippen LogP contribution >= 0.6 is 0 Å².